The molecule has 17 heavy (non-hydrogen) atoms. The third-order valence-corrected chi connectivity index (χ3v) is 4.19. The second kappa shape index (κ2) is 7.04. The van der Waals surface area contributed by atoms with Crippen molar-refractivity contribution in [3.8, 4) is 0 Å². The molecule has 102 valence electrons. The molecule has 0 heterocycles. The van der Waals surface area contributed by atoms with Gasteiger partial charge in [0.15, 0.2) is 0 Å². The molecule has 0 amide bonds. The minimum atomic E-state index is 0.471. The molecular formula is C15H30OS. The van der Waals surface area contributed by atoms with Crippen molar-refractivity contribution in [2.24, 2.45) is 17.3 Å². The molecule has 0 radical (unpaired) electrons. The van der Waals surface area contributed by atoms with Crippen LogP contribution in [0.15, 0.2) is 0 Å². The molecule has 0 aromatic carbocycles. The molecule has 0 saturated heterocycles. The molecule has 1 rings (SSSR count). The zero-order valence-electron chi connectivity index (χ0n) is 12.0. The van der Waals surface area contributed by atoms with Crippen LogP contribution in [0.5, 0.6) is 0 Å². The van der Waals surface area contributed by atoms with Gasteiger partial charge in [-0.1, -0.05) is 27.7 Å². The lowest BCUT2D eigenvalue weighted by atomic mass is 9.71. The van der Waals surface area contributed by atoms with Crippen LogP contribution in [-0.2, 0) is 4.74 Å². The van der Waals surface area contributed by atoms with Crippen molar-refractivity contribution in [2.75, 3.05) is 12.4 Å². The Hall–Kier alpha value is 0.310. The normalized spacial score (nSPS) is 30.2. The van der Waals surface area contributed by atoms with Gasteiger partial charge in [0.2, 0.25) is 0 Å². The van der Waals surface area contributed by atoms with Crippen LogP contribution in [0.1, 0.15) is 59.8 Å². The van der Waals surface area contributed by atoms with E-state index >= 15 is 0 Å². The molecule has 0 aromatic rings. The lowest BCUT2D eigenvalue weighted by Gasteiger charge is -2.38. The van der Waals surface area contributed by atoms with Crippen molar-refractivity contribution in [2.45, 2.75) is 65.9 Å². The fourth-order valence-electron chi connectivity index (χ4n) is 3.19. The van der Waals surface area contributed by atoms with E-state index in [2.05, 4.69) is 40.3 Å². The summed E-state index contributed by atoms with van der Waals surface area (Å²) < 4.78 is 6.08. The Kier molecular flexibility index (Phi) is 6.36. The number of hydrogen-bond donors (Lipinski definition) is 1. The summed E-state index contributed by atoms with van der Waals surface area (Å²) in [6.07, 6.45) is 6.73. The molecule has 1 aliphatic rings. The van der Waals surface area contributed by atoms with Gasteiger partial charge < -0.3 is 4.74 Å². The maximum Gasteiger partial charge on any atom is 0.0582 e. The van der Waals surface area contributed by atoms with E-state index < -0.39 is 0 Å². The Morgan fingerprint density at radius 3 is 2.59 bits per heavy atom. The molecule has 1 nitrogen and oxygen atoms in total. The summed E-state index contributed by atoms with van der Waals surface area (Å²) in [5.41, 5.74) is 0.471. The van der Waals surface area contributed by atoms with E-state index in [4.69, 9.17) is 4.74 Å². The summed E-state index contributed by atoms with van der Waals surface area (Å²) in [5, 5.41) is 0. The summed E-state index contributed by atoms with van der Waals surface area (Å²) in [5.74, 6) is 2.56. The maximum atomic E-state index is 6.08. The van der Waals surface area contributed by atoms with Crippen LogP contribution in [-0.4, -0.2) is 18.5 Å². The smallest absolute Gasteiger partial charge is 0.0582 e. The predicted octanol–water partition coefficient (Wildman–Crippen LogP) is 4.56. The van der Waals surface area contributed by atoms with Crippen LogP contribution in [0.25, 0.3) is 0 Å². The highest BCUT2D eigenvalue weighted by molar-refractivity contribution is 7.80. The molecule has 0 aromatic heterocycles. The predicted molar refractivity (Wildman–Crippen MR) is 78.8 cm³/mol. The van der Waals surface area contributed by atoms with Gasteiger partial charge in [-0.3, -0.25) is 0 Å². The van der Waals surface area contributed by atoms with E-state index in [1.807, 2.05) is 0 Å². The third kappa shape index (κ3) is 6.15. The summed E-state index contributed by atoms with van der Waals surface area (Å²) in [4.78, 5) is 0. The summed E-state index contributed by atoms with van der Waals surface area (Å²) in [6.45, 7) is 10.3. The van der Waals surface area contributed by atoms with Gasteiger partial charge in [0.05, 0.1) is 6.10 Å². The van der Waals surface area contributed by atoms with E-state index in [0.717, 1.165) is 24.2 Å². The molecule has 3 atom stereocenters. The van der Waals surface area contributed by atoms with Gasteiger partial charge in [0, 0.05) is 6.61 Å². The van der Waals surface area contributed by atoms with Crippen molar-refractivity contribution >= 4 is 12.6 Å². The lowest BCUT2D eigenvalue weighted by Crippen LogP contribution is -2.32. The monoisotopic (exact) mass is 258 g/mol. The largest absolute Gasteiger partial charge is 0.378 e. The maximum absolute atomic E-state index is 6.08. The van der Waals surface area contributed by atoms with Crippen LogP contribution < -0.4 is 0 Å². The Labute approximate surface area is 113 Å². The molecule has 3 unspecified atom stereocenters. The van der Waals surface area contributed by atoms with Crippen LogP contribution in [0.3, 0.4) is 0 Å². The Bertz CT molecular complexity index is 215. The molecule has 1 saturated carbocycles. The first kappa shape index (κ1) is 15.4. The first-order valence-corrected chi connectivity index (χ1v) is 7.78. The number of rotatable bonds is 6. The van der Waals surface area contributed by atoms with Gasteiger partial charge >= 0.3 is 0 Å². The molecular weight excluding hydrogens is 228 g/mol. The number of thiol groups is 1. The topological polar surface area (TPSA) is 9.23 Å². The van der Waals surface area contributed by atoms with Crippen molar-refractivity contribution in [3.63, 3.8) is 0 Å². The van der Waals surface area contributed by atoms with Crippen LogP contribution in [0, 0.1) is 17.3 Å². The Morgan fingerprint density at radius 2 is 2.00 bits per heavy atom. The molecule has 0 aliphatic heterocycles. The van der Waals surface area contributed by atoms with Crippen LogP contribution in [0.2, 0.25) is 0 Å². The molecule has 0 bridgehead atoms. The van der Waals surface area contributed by atoms with Crippen molar-refractivity contribution in [3.05, 3.63) is 0 Å². The minimum absolute atomic E-state index is 0.471. The first-order chi connectivity index (χ1) is 7.93. The Balaban J connectivity index is 2.22. The molecule has 0 spiro atoms. The highest BCUT2D eigenvalue weighted by Gasteiger charge is 2.32. The number of ether oxygens (including phenoxy) is 1. The van der Waals surface area contributed by atoms with Gasteiger partial charge in [-0.25, -0.2) is 0 Å². The zero-order chi connectivity index (χ0) is 12.9. The summed E-state index contributed by atoms with van der Waals surface area (Å²) in [6, 6.07) is 0. The second-order valence-corrected chi connectivity index (χ2v) is 7.26. The standard InChI is InChI=1S/C15H30OS/c1-12(6-8-17)5-7-16-14-9-13(2)10-15(3,4)11-14/h12-14,17H,5-11H2,1-4H3. The van der Waals surface area contributed by atoms with E-state index in [-0.39, 0.29) is 0 Å². The van der Waals surface area contributed by atoms with Gasteiger partial charge in [0.1, 0.15) is 0 Å². The number of hydrogen-bond acceptors (Lipinski definition) is 2. The van der Waals surface area contributed by atoms with Crippen molar-refractivity contribution < 1.29 is 4.74 Å². The van der Waals surface area contributed by atoms with Crippen LogP contribution >= 0.6 is 12.6 Å². The van der Waals surface area contributed by atoms with E-state index in [0.29, 0.717) is 11.5 Å². The van der Waals surface area contributed by atoms with Gasteiger partial charge in [-0.2, -0.15) is 12.6 Å². The average molecular weight is 258 g/mol. The van der Waals surface area contributed by atoms with Crippen LogP contribution in [0.4, 0.5) is 0 Å². The van der Waals surface area contributed by atoms with Crippen molar-refractivity contribution in [1.29, 1.82) is 0 Å². The first-order valence-electron chi connectivity index (χ1n) is 7.15. The van der Waals surface area contributed by atoms with E-state index in [1.54, 1.807) is 0 Å². The third-order valence-electron chi connectivity index (χ3n) is 3.93. The molecule has 2 heteroatoms. The molecule has 1 fully saturated rings. The van der Waals surface area contributed by atoms with E-state index in [9.17, 15) is 0 Å². The second-order valence-electron chi connectivity index (χ2n) is 6.81. The van der Waals surface area contributed by atoms with E-state index in [1.165, 1.54) is 32.1 Å². The van der Waals surface area contributed by atoms with Crippen molar-refractivity contribution in [1.82, 2.24) is 0 Å². The highest BCUT2D eigenvalue weighted by atomic mass is 32.1. The Morgan fingerprint density at radius 1 is 1.29 bits per heavy atom. The molecule has 0 N–H and O–H groups in total. The highest BCUT2D eigenvalue weighted by Crippen LogP contribution is 2.39. The summed E-state index contributed by atoms with van der Waals surface area (Å²) >= 11 is 4.28. The van der Waals surface area contributed by atoms with Gasteiger partial charge in [-0.05, 0) is 55.1 Å². The summed E-state index contributed by atoms with van der Waals surface area (Å²) in [7, 11) is 0. The zero-order valence-corrected chi connectivity index (χ0v) is 12.9. The quantitative estimate of drug-likeness (QED) is 0.687. The molecule has 1 aliphatic carbocycles. The average Bonchev–Trinajstić information content (AvgIpc) is 2.14. The van der Waals surface area contributed by atoms with Gasteiger partial charge in [0.25, 0.3) is 0 Å². The SMILES string of the molecule is CC(CCS)CCOC1CC(C)CC(C)(C)C1. The van der Waals surface area contributed by atoms with Gasteiger partial charge in [-0.15, -0.1) is 0 Å². The fraction of sp³-hybridized carbons (Fsp3) is 1.00. The lowest BCUT2D eigenvalue weighted by molar-refractivity contribution is -0.0266. The fourth-order valence-corrected chi connectivity index (χ4v) is 3.63. The minimum Gasteiger partial charge on any atom is -0.378 e.